The van der Waals surface area contributed by atoms with Crippen LogP contribution in [0, 0.1) is 11.6 Å². The van der Waals surface area contributed by atoms with Crippen LogP contribution >= 0.6 is 11.3 Å². The molecule has 0 aliphatic heterocycles. The first-order valence-electron chi connectivity index (χ1n) is 8.88. The average molecular weight is 410 g/mol. The Hall–Kier alpha value is -3.32. The normalized spacial score (nSPS) is 10.8. The van der Waals surface area contributed by atoms with E-state index in [4.69, 9.17) is 4.74 Å². The number of benzene rings is 3. The van der Waals surface area contributed by atoms with Gasteiger partial charge in [-0.2, -0.15) is 0 Å². The van der Waals surface area contributed by atoms with Crippen LogP contribution in [0.5, 0.6) is 5.75 Å². The topological polar surface area (TPSA) is 42.4 Å². The van der Waals surface area contributed by atoms with E-state index in [1.54, 1.807) is 18.2 Å². The molecule has 0 fully saturated rings. The van der Waals surface area contributed by atoms with Crippen molar-refractivity contribution in [3.8, 4) is 5.75 Å². The summed E-state index contributed by atoms with van der Waals surface area (Å²) < 4.78 is 33.4. The molecule has 0 radical (unpaired) electrons. The molecule has 1 aromatic heterocycles. The summed E-state index contributed by atoms with van der Waals surface area (Å²) in [6.45, 7) is -0.0827. The summed E-state index contributed by atoms with van der Waals surface area (Å²) in [5.41, 5.74) is 1.50. The minimum atomic E-state index is -0.537. The predicted molar refractivity (Wildman–Crippen MR) is 109 cm³/mol. The highest BCUT2D eigenvalue weighted by atomic mass is 32.1. The molecule has 3 aromatic carbocycles. The lowest BCUT2D eigenvalue weighted by Crippen LogP contribution is -2.34. The second-order valence-electron chi connectivity index (χ2n) is 6.29. The van der Waals surface area contributed by atoms with Crippen LogP contribution in [0.2, 0.25) is 0 Å². The third-order valence-electron chi connectivity index (χ3n) is 4.24. The Bertz CT molecular complexity index is 1150. The first-order valence-corrected chi connectivity index (χ1v) is 9.69. The van der Waals surface area contributed by atoms with Gasteiger partial charge in [-0.05, 0) is 35.9 Å². The molecular weight excluding hydrogens is 394 g/mol. The highest BCUT2D eigenvalue weighted by Crippen LogP contribution is 2.30. The number of ether oxygens (including phenoxy) is 1. The number of amides is 1. The molecule has 4 rings (SSSR count). The lowest BCUT2D eigenvalue weighted by Gasteiger charge is -2.20. The van der Waals surface area contributed by atoms with Crippen molar-refractivity contribution in [3.05, 3.63) is 90.0 Å². The van der Waals surface area contributed by atoms with Gasteiger partial charge in [0.05, 0.1) is 16.8 Å². The van der Waals surface area contributed by atoms with Crippen LogP contribution in [0.1, 0.15) is 5.56 Å². The number of nitrogens with zero attached hydrogens (tertiary/aromatic N) is 2. The van der Waals surface area contributed by atoms with Gasteiger partial charge in [-0.3, -0.25) is 9.69 Å². The van der Waals surface area contributed by atoms with E-state index in [0.29, 0.717) is 15.3 Å². The van der Waals surface area contributed by atoms with Gasteiger partial charge in [0, 0.05) is 0 Å². The molecule has 0 aliphatic rings. The molecule has 1 heterocycles. The van der Waals surface area contributed by atoms with Gasteiger partial charge < -0.3 is 4.74 Å². The molecule has 0 atom stereocenters. The van der Waals surface area contributed by atoms with Crippen LogP contribution in [0.15, 0.2) is 72.8 Å². The SMILES string of the molecule is O=C(COc1ccccc1F)N(Cc1ccccc1)c1nc2ccc(F)cc2s1. The Morgan fingerprint density at radius 2 is 1.76 bits per heavy atom. The molecule has 0 saturated heterocycles. The molecule has 4 aromatic rings. The van der Waals surface area contributed by atoms with Crippen LogP contribution in [0.3, 0.4) is 0 Å². The number of rotatable bonds is 6. The minimum absolute atomic E-state index is 0.00637. The summed E-state index contributed by atoms with van der Waals surface area (Å²) in [6.07, 6.45) is 0. The first-order chi connectivity index (χ1) is 14.1. The summed E-state index contributed by atoms with van der Waals surface area (Å²) in [5.74, 6) is -1.27. The fourth-order valence-corrected chi connectivity index (χ4v) is 3.82. The third-order valence-corrected chi connectivity index (χ3v) is 5.28. The number of carbonyl (C=O) groups excluding carboxylic acids is 1. The van der Waals surface area contributed by atoms with E-state index in [2.05, 4.69) is 4.98 Å². The number of thiazole rings is 1. The Kier molecular flexibility index (Phi) is 5.48. The molecule has 0 aliphatic carbocycles. The largest absolute Gasteiger partial charge is 0.481 e. The molecule has 0 saturated carbocycles. The lowest BCUT2D eigenvalue weighted by molar-refractivity contribution is -0.120. The van der Waals surface area contributed by atoms with E-state index in [9.17, 15) is 13.6 Å². The standard InChI is InChI=1S/C22H16F2N2O2S/c23-16-10-11-18-20(12-16)29-22(25-18)26(13-15-6-2-1-3-7-15)21(27)14-28-19-9-5-4-8-17(19)24/h1-12H,13-14H2. The molecule has 7 heteroatoms. The van der Waals surface area contributed by atoms with Crippen molar-refractivity contribution in [3.63, 3.8) is 0 Å². The highest BCUT2D eigenvalue weighted by Gasteiger charge is 2.21. The van der Waals surface area contributed by atoms with Crippen LogP contribution in [-0.4, -0.2) is 17.5 Å². The Balaban J connectivity index is 1.61. The van der Waals surface area contributed by atoms with Gasteiger partial charge in [-0.15, -0.1) is 0 Å². The molecule has 0 bridgehead atoms. The van der Waals surface area contributed by atoms with Crippen molar-refractivity contribution in [2.75, 3.05) is 11.5 Å². The number of fused-ring (bicyclic) bond motifs is 1. The fourth-order valence-electron chi connectivity index (χ4n) is 2.81. The van der Waals surface area contributed by atoms with Crippen LogP contribution in [-0.2, 0) is 11.3 Å². The van der Waals surface area contributed by atoms with Crippen molar-refractivity contribution in [2.24, 2.45) is 0 Å². The summed E-state index contributed by atoms with van der Waals surface area (Å²) in [5, 5.41) is 0.427. The van der Waals surface area contributed by atoms with Crippen molar-refractivity contribution in [1.29, 1.82) is 0 Å². The van der Waals surface area contributed by atoms with Gasteiger partial charge in [0.2, 0.25) is 0 Å². The van der Waals surface area contributed by atoms with Gasteiger partial charge in [0.15, 0.2) is 23.3 Å². The molecule has 4 nitrogen and oxygen atoms in total. The van der Waals surface area contributed by atoms with E-state index < -0.39 is 5.82 Å². The second kappa shape index (κ2) is 8.36. The zero-order valence-electron chi connectivity index (χ0n) is 15.2. The third kappa shape index (κ3) is 4.41. The maximum atomic E-state index is 13.8. The number of hydrogen-bond acceptors (Lipinski definition) is 4. The Labute approximate surface area is 170 Å². The van der Waals surface area contributed by atoms with E-state index in [0.717, 1.165) is 5.56 Å². The van der Waals surface area contributed by atoms with E-state index >= 15 is 0 Å². The second-order valence-corrected chi connectivity index (χ2v) is 7.30. The summed E-state index contributed by atoms with van der Waals surface area (Å²) in [4.78, 5) is 18.9. The first kappa shape index (κ1) is 19.0. The number of anilines is 1. The van der Waals surface area contributed by atoms with Crippen molar-refractivity contribution in [2.45, 2.75) is 6.54 Å². The predicted octanol–water partition coefficient (Wildman–Crippen LogP) is 5.19. The van der Waals surface area contributed by atoms with Crippen LogP contribution < -0.4 is 9.64 Å². The lowest BCUT2D eigenvalue weighted by atomic mass is 10.2. The summed E-state index contributed by atoms with van der Waals surface area (Å²) in [6, 6.07) is 19.6. The fraction of sp³-hybridized carbons (Fsp3) is 0.0909. The summed E-state index contributed by atoms with van der Waals surface area (Å²) >= 11 is 1.22. The van der Waals surface area contributed by atoms with E-state index in [1.165, 1.54) is 40.5 Å². The quantitative estimate of drug-likeness (QED) is 0.440. The van der Waals surface area contributed by atoms with E-state index in [-0.39, 0.29) is 30.6 Å². The molecule has 0 spiro atoms. The molecular formula is C22H16F2N2O2S. The smallest absolute Gasteiger partial charge is 0.267 e. The van der Waals surface area contributed by atoms with Gasteiger partial charge in [-0.1, -0.05) is 53.8 Å². The zero-order valence-corrected chi connectivity index (χ0v) is 16.0. The average Bonchev–Trinajstić information content (AvgIpc) is 3.14. The van der Waals surface area contributed by atoms with Gasteiger partial charge >= 0.3 is 0 Å². The number of hydrogen-bond donors (Lipinski definition) is 0. The number of carbonyl (C=O) groups is 1. The maximum Gasteiger partial charge on any atom is 0.267 e. The number of halogens is 2. The monoisotopic (exact) mass is 410 g/mol. The molecule has 1 amide bonds. The van der Waals surface area contributed by atoms with Crippen molar-refractivity contribution >= 4 is 32.6 Å². The molecule has 146 valence electrons. The van der Waals surface area contributed by atoms with Crippen molar-refractivity contribution < 1.29 is 18.3 Å². The number of para-hydroxylation sites is 1. The van der Waals surface area contributed by atoms with Crippen molar-refractivity contribution in [1.82, 2.24) is 4.98 Å². The van der Waals surface area contributed by atoms with Crippen LogP contribution in [0.25, 0.3) is 10.2 Å². The number of aromatic nitrogens is 1. The van der Waals surface area contributed by atoms with E-state index in [1.807, 2.05) is 30.3 Å². The summed E-state index contributed by atoms with van der Waals surface area (Å²) in [7, 11) is 0. The zero-order chi connectivity index (χ0) is 20.2. The molecule has 0 N–H and O–H groups in total. The molecule has 0 unspecified atom stereocenters. The maximum absolute atomic E-state index is 13.8. The Morgan fingerprint density at radius 3 is 2.55 bits per heavy atom. The van der Waals surface area contributed by atoms with Crippen LogP contribution in [0.4, 0.5) is 13.9 Å². The minimum Gasteiger partial charge on any atom is -0.481 e. The van der Waals surface area contributed by atoms with Gasteiger partial charge in [0.25, 0.3) is 5.91 Å². The highest BCUT2D eigenvalue weighted by molar-refractivity contribution is 7.22. The Morgan fingerprint density at radius 1 is 1.00 bits per heavy atom. The molecule has 29 heavy (non-hydrogen) atoms. The van der Waals surface area contributed by atoms with Gasteiger partial charge in [-0.25, -0.2) is 13.8 Å². The van der Waals surface area contributed by atoms with Gasteiger partial charge in [0.1, 0.15) is 5.82 Å².